The fraction of sp³-hybridized carbons (Fsp3) is 0.981. The molecule has 4 atom stereocenters. The van der Waals surface area contributed by atoms with Crippen LogP contribution in [0.15, 0.2) is 0 Å². The molecule has 0 spiro atoms. The number of amides is 1. The monoisotopic (exact) mass is 838 g/mol. The standard InChI is InChI=1S/C53H107NO5/c1-3-5-7-9-11-13-15-16-17-18-19-20-21-22-23-24-25-26-27-28-29-30-31-32-33-34-35-37-38-40-42-44-46-50(56)52(58)49(48-55)54-53(59)51(57)47-45-43-41-39-36-14-12-10-8-6-4-2/h49-52,55-58H,3-48H2,1-2H3,(H,54,59). The minimum absolute atomic E-state index is 0.374. The molecule has 0 aliphatic rings. The summed E-state index contributed by atoms with van der Waals surface area (Å²) in [4.78, 5) is 12.5. The fourth-order valence-corrected chi connectivity index (χ4v) is 8.82. The Labute approximate surface area is 369 Å². The van der Waals surface area contributed by atoms with Gasteiger partial charge in [0.25, 0.3) is 0 Å². The van der Waals surface area contributed by atoms with Gasteiger partial charge in [-0.25, -0.2) is 0 Å². The van der Waals surface area contributed by atoms with Gasteiger partial charge >= 0.3 is 0 Å². The first-order chi connectivity index (χ1) is 29.0. The summed E-state index contributed by atoms with van der Waals surface area (Å²) in [5, 5.41) is 43.8. The van der Waals surface area contributed by atoms with Crippen LogP contribution in [0.5, 0.6) is 0 Å². The molecule has 0 saturated heterocycles. The zero-order valence-corrected chi connectivity index (χ0v) is 40.0. The van der Waals surface area contributed by atoms with Crippen LogP contribution < -0.4 is 5.32 Å². The lowest BCUT2D eigenvalue weighted by Gasteiger charge is -2.27. The Bertz CT molecular complexity index is 811. The van der Waals surface area contributed by atoms with Crippen molar-refractivity contribution in [3.8, 4) is 0 Å². The average Bonchev–Trinajstić information content (AvgIpc) is 3.24. The molecule has 0 rings (SSSR count). The zero-order chi connectivity index (χ0) is 43.1. The Hall–Kier alpha value is -0.690. The Kier molecular flexibility index (Phi) is 47.8. The van der Waals surface area contributed by atoms with Gasteiger partial charge in [-0.2, -0.15) is 0 Å². The van der Waals surface area contributed by atoms with Gasteiger partial charge in [0.05, 0.1) is 18.8 Å². The molecule has 0 radical (unpaired) electrons. The van der Waals surface area contributed by atoms with Gasteiger partial charge < -0.3 is 25.7 Å². The van der Waals surface area contributed by atoms with E-state index in [9.17, 15) is 25.2 Å². The maximum Gasteiger partial charge on any atom is 0.249 e. The van der Waals surface area contributed by atoms with Crippen molar-refractivity contribution in [1.82, 2.24) is 5.32 Å². The highest BCUT2D eigenvalue weighted by atomic mass is 16.3. The summed E-state index contributed by atoms with van der Waals surface area (Å²) in [6, 6.07) is -0.979. The van der Waals surface area contributed by atoms with E-state index in [1.165, 1.54) is 238 Å². The summed E-state index contributed by atoms with van der Waals surface area (Å²) in [6.45, 7) is 4.06. The van der Waals surface area contributed by atoms with Crippen molar-refractivity contribution in [3.63, 3.8) is 0 Å². The van der Waals surface area contributed by atoms with Gasteiger partial charge in [-0.1, -0.05) is 290 Å². The van der Waals surface area contributed by atoms with Crippen molar-refractivity contribution in [2.75, 3.05) is 6.61 Å². The predicted octanol–water partition coefficient (Wildman–Crippen LogP) is 15.1. The summed E-state index contributed by atoms with van der Waals surface area (Å²) in [5.74, 6) is -0.580. The molecule has 0 saturated carbocycles. The number of carbonyl (C=O) groups excluding carboxylic acids is 1. The third-order valence-corrected chi connectivity index (χ3v) is 13.1. The lowest BCUT2D eigenvalue weighted by atomic mass is 9.99. The van der Waals surface area contributed by atoms with Crippen LogP contribution in [0.2, 0.25) is 0 Å². The highest BCUT2D eigenvalue weighted by Crippen LogP contribution is 2.18. The van der Waals surface area contributed by atoms with E-state index in [2.05, 4.69) is 19.2 Å². The van der Waals surface area contributed by atoms with Crippen LogP contribution in [-0.4, -0.2) is 57.3 Å². The molecule has 0 bridgehead atoms. The second kappa shape index (κ2) is 48.3. The molecule has 0 aromatic carbocycles. The van der Waals surface area contributed by atoms with Crippen LogP contribution in [0.4, 0.5) is 0 Å². The van der Waals surface area contributed by atoms with Crippen molar-refractivity contribution < 1.29 is 25.2 Å². The quantitative estimate of drug-likeness (QED) is 0.0392. The molecule has 0 aliphatic heterocycles. The Morgan fingerprint density at radius 1 is 0.356 bits per heavy atom. The minimum atomic E-state index is -1.25. The number of aliphatic hydroxyl groups excluding tert-OH is 4. The molecule has 1 amide bonds. The fourth-order valence-electron chi connectivity index (χ4n) is 8.82. The molecule has 6 nitrogen and oxygen atoms in total. The molecule has 59 heavy (non-hydrogen) atoms. The first-order valence-electron chi connectivity index (χ1n) is 26.9. The molecule has 0 aromatic rings. The molecule has 0 aromatic heterocycles. The van der Waals surface area contributed by atoms with Gasteiger partial charge in [0.15, 0.2) is 0 Å². The van der Waals surface area contributed by atoms with E-state index in [4.69, 9.17) is 0 Å². The second-order valence-corrected chi connectivity index (χ2v) is 18.9. The van der Waals surface area contributed by atoms with Crippen molar-refractivity contribution in [3.05, 3.63) is 0 Å². The second-order valence-electron chi connectivity index (χ2n) is 18.9. The van der Waals surface area contributed by atoms with E-state index in [0.29, 0.717) is 12.8 Å². The normalized spacial score (nSPS) is 13.8. The number of unbranched alkanes of at least 4 members (excludes halogenated alkanes) is 41. The highest BCUT2D eigenvalue weighted by molar-refractivity contribution is 5.80. The number of hydrogen-bond acceptors (Lipinski definition) is 5. The Morgan fingerprint density at radius 2 is 0.576 bits per heavy atom. The summed E-state index contributed by atoms with van der Waals surface area (Å²) in [5.41, 5.74) is 0. The molecule has 4 unspecified atom stereocenters. The van der Waals surface area contributed by atoms with E-state index in [1.807, 2.05) is 0 Å². The van der Waals surface area contributed by atoms with Crippen molar-refractivity contribution in [2.24, 2.45) is 0 Å². The van der Waals surface area contributed by atoms with Gasteiger partial charge in [-0.3, -0.25) is 4.79 Å². The van der Waals surface area contributed by atoms with Gasteiger partial charge in [0.1, 0.15) is 12.2 Å². The van der Waals surface area contributed by atoms with E-state index < -0.39 is 36.9 Å². The molecule has 0 fully saturated rings. The summed E-state index contributed by atoms with van der Waals surface area (Å²) < 4.78 is 0. The smallest absolute Gasteiger partial charge is 0.249 e. The van der Waals surface area contributed by atoms with E-state index in [-0.39, 0.29) is 0 Å². The lowest BCUT2D eigenvalue weighted by molar-refractivity contribution is -0.132. The molecule has 0 aliphatic carbocycles. The van der Waals surface area contributed by atoms with Crippen LogP contribution in [0, 0.1) is 0 Å². The van der Waals surface area contributed by atoms with E-state index in [0.717, 1.165) is 38.5 Å². The molecular weight excluding hydrogens is 731 g/mol. The van der Waals surface area contributed by atoms with Crippen molar-refractivity contribution in [2.45, 2.75) is 327 Å². The van der Waals surface area contributed by atoms with E-state index in [1.54, 1.807) is 0 Å². The third-order valence-electron chi connectivity index (χ3n) is 13.1. The zero-order valence-electron chi connectivity index (χ0n) is 40.0. The first-order valence-corrected chi connectivity index (χ1v) is 26.9. The maximum absolute atomic E-state index is 12.5. The lowest BCUT2D eigenvalue weighted by Crippen LogP contribution is -2.53. The topological polar surface area (TPSA) is 110 Å². The number of aliphatic hydroxyl groups is 4. The largest absolute Gasteiger partial charge is 0.394 e. The summed E-state index contributed by atoms with van der Waals surface area (Å²) >= 11 is 0. The first kappa shape index (κ1) is 58.3. The van der Waals surface area contributed by atoms with Gasteiger partial charge in [0, 0.05) is 0 Å². The van der Waals surface area contributed by atoms with Gasteiger partial charge in [0.2, 0.25) is 5.91 Å². The summed E-state index contributed by atoms with van der Waals surface area (Å²) in [7, 11) is 0. The van der Waals surface area contributed by atoms with Crippen LogP contribution in [0.1, 0.15) is 303 Å². The van der Waals surface area contributed by atoms with Gasteiger partial charge in [-0.15, -0.1) is 0 Å². The molecule has 5 N–H and O–H groups in total. The third kappa shape index (κ3) is 42.4. The van der Waals surface area contributed by atoms with Crippen molar-refractivity contribution >= 4 is 5.91 Å². The average molecular weight is 838 g/mol. The van der Waals surface area contributed by atoms with E-state index >= 15 is 0 Å². The Morgan fingerprint density at radius 3 is 0.814 bits per heavy atom. The van der Waals surface area contributed by atoms with Crippen LogP contribution in [0.3, 0.4) is 0 Å². The van der Waals surface area contributed by atoms with Crippen LogP contribution in [0.25, 0.3) is 0 Å². The molecule has 6 heteroatoms. The maximum atomic E-state index is 12.5. The minimum Gasteiger partial charge on any atom is -0.394 e. The number of carbonyl (C=O) groups is 1. The summed E-state index contributed by atoms with van der Waals surface area (Å²) in [6.07, 6.45) is 54.7. The number of hydrogen-bond donors (Lipinski definition) is 5. The van der Waals surface area contributed by atoms with Gasteiger partial charge in [-0.05, 0) is 12.8 Å². The van der Waals surface area contributed by atoms with Crippen LogP contribution in [-0.2, 0) is 4.79 Å². The van der Waals surface area contributed by atoms with Crippen molar-refractivity contribution in [1.29, 1.82) is 0 Å². The SMILES string of the molecule is CCCCCCCCCCCCCCCCCCCCCCCCCCCCCCCCCCC(O)C(O)C(CO)NC(=O)C(O)CCCCCCCCCCCCC. The predicted molar refractivity (Wildman–Crippen MR) is 256 cm³/mol. The highest BCUT2D eigenvalue weighted by Gasteiger charge is 2.28. The van der Waals surface area contributed by atoms with Crippen LogP contribution >= 0.6 is 0 Å². The Balaban J connectivity index is 3.50. The molecular formula is C53H107NO5. The number of rotatable bonds is 50. The molecule has 0 heterocycles. The number of nitrogens with one attached hydrogen (secondary N) is 1. The molecule has 354 valence electrons.